The van der Waals surface area contributed by atoms with Crippen molar-refractivity contribution in [1.29, 1.82) is 0 Å². The van der Waals surface area contributed by atoms with Gasteiger partial charge in [-0.1, -0.05) is 0 Å². The van der Waals surface area contributed by atoms with Gasteiger partial charge in [0.25, 0.3) is 0 Å². The average Bonchev–Trinajstić information content (AvgIpc) is 2.51. The maximum Gasteiger partial charge on any atom is 0.187 e. The van der Waals surface area contributed by atoms with E-state index in [2.05, 4.69) is 5.32 Å². The number of nitrogens with one attached hydrogen (secondary N) is 1. The summed E-state index contributed by atoms with van der Waals surface area (Å²) in [5.74, 6) is 0. The van der Waals surface area contributed by atoms with E-state index in [-0.39, 0.29) is 13.2 Å². The highest BCUT2D eigenvalue weighted by Gasteiger charge is 2.47. The first-order valence-electron chi connectivity index (χ1n) is 7.07. The first-order chi connectivity index (χ1) is 10.4. The largest absolute Gasteiger partial charge is 0.395 e. The first-order valence-corrected chi connectivity index (χ1v) is 7.07. The van der Waals surface area contributed by atoms with Crippen molar-refractivity contribution in [2.24, 2.45) is 0 Å². The van der Waals surface area contributed by atoms with E-state index in [9.17, 15) is 25.5 Å². The maximum atomic E-state index is 10.1. The van der Waals surface area contributed by atoms with Crippen LogP contribution < -0.4 is 5.32 Å². The van der Waals surface area contributed by atoms with Crippen LogP contribution in [0, 0.1) is 0 Å². The second kappa shape index (κ2) is 7.45. The molecule has 22 heavy (non-hydrogen) atoms. The van der Waals surface area contributed by atoms with Gasteiger partial charge in [-0.2, -0.15) is 0 Å². The van der Waals surface area contributed by atoms with Crippen LogP contribution in [-0.4, -0.2) is 111 Å². The Morgan fingerprint density at radius 1 is 0.909 bits per heavy atom. The quantitative estimate of drug-likeness (QED) is 0.250. The summed E-state index contributed by atoms with van der Waals surface area (Å²) in [4.78, 5) is 0. The smallest absolute Gasteiger partial charge is 0.187 e. The molecule has 2 saturated heterocycles. The van der Waals surface area contributed by atoms with Crippen molar-refractivity contribution in [2.45, 2.75) is 55.1 Å². The Hall–Kier alpha value is -0.400. The van der Waals surface area contributed by atoms with Crippen LogP contribution in [0.5, 0.6) is 0 Å². The molecule has 10 heteroatoms. The molecule has 10 nitrogen and oxygen atoms in total. The van der Waals surface area contributed by atoms with Crippen LogP contribution in [0.2, 0.25) is 0 Å². The van der Waals surface area contributed by atoms with E-state index in [0.717, 1.165) is 0 Å². The molecule has 0 saturated carbocycles. The summed E-state index contributed by atoms with van der Waals surface area (Å²) in [6, 6.07) is -0.724. The molecule has 2 heterocycles. The van der Waals surface area contributed by atoms with Crippen molar-refractivity contribution in [3.8, 4) is 0 Å². The summed E-state index contributed by atoms with van der Waals surface area (Å²) in [5.41, 5.74) is 0. The van der Waals surface area contributed by atoms with E-state index in [0.29, 0.717) is 0 Å². The number of β-amino-alcohol motifs (C(OH)–C–C–N with tert-alkyl or cyclic N) is 1. The summed E-state index contributed by atoms with van der Waals surface area (Å²) >= 11 is 0. The molecule has 0 bridgehead atoms. The van der Waals surface area contributed by atoms with E-state index >= 15 is 0 Å². The van der Waals surface area contributed by atoms with E-state index in [1.807, 2.05) is 0 Å². The van der Waals surface area contributed by atoms with Crippen molar-refractivity contribution < 1.29 is 45.2 Å². The summed E-state index contributed by atoms with van der Waals surface area (Å²) in [6.07, 6.45) is -10.9. The van der Waals surface area contributed by atoms with Gasteiger partial charge in [-0.05, 0) is 0 Å². The average molecular weight is 325 g/mol. The molecule has 0 radical (unpaired) electrons. The predicted molar refractivity (Wildman–Crippen MR) is 69.5 cm³/mol. The number of aliphatic hydroxyl groups excluding tert-OH is 7. The fourth-order valence-electron chi connectivity index (χ4n) is 2.64. The summed E-state index contributed by atoms with van der Waals surface area (Å²) < 4.78 is 10.5. The molecule has 2 aliphatic heterocycles. The molecule has 2 fully saturated rings. The molecule has 0 aromatic rings. The van der Waals surface area contributed by atoms with Crippen LogP contribution in [-0.2, 0) is 9.47 Å². The fourth-order valence-corrected chi connectivity index (χ4v) is 2.64. The summed E-state index contributed by atoms with van der Waals surface area (Å²) in [7, 11) is 0. The minimum Gasteiger partial charge on any atom is -0.395 e. The van der Waals surface area contributed by atoms with Crippen LogP contribution in [0.15, 0.2) is 0 Å². The first kappa shape index (κ1) is 17.9. The molecule has 0 aromatic carbocycles. The lowest BCUT2D eigenvalue weighted by Gasteiger charge is -2.44. The zero-order valence-corrected chi connectivity index (χ0v) is 11.8. The Kier molecular flexibility index (Phi) is 6.07. The van der Waals surface area contributed by atoms with Crippen molar-refractivity contribution in [3.63, 3.8) is 0 Å². The molecule has 2 aliphatic rings. The Bertz CT molecular complexity index is 357. The molecule has 2 rings (SSSR count). The van der Waals surface area contributed by atoms with Gasteiger partial charge in [0.15, 0.2) is 6.29 Å². The third kappa shape index (κ3) is 3.41. The Balaban J connectivity index is 2.07. The van der Waals surface area contributed by atoms with Crippen LogP contribution in [0.25, 0.3) is 0 Å². The fraction of sp³-hybridized carbons (Fsp3) is 1.00. The molecule has 130 valence electrons. The van der Waals surface area contributed by atoms with Gasteiger partial charge in [0.05, 0.1) is 25.4 Å². The number of piperidine rings is 1. The Morgan fingerprint density at radius 2 is 1.59 bits per heavy atom. The van der Waals surface area contributed by atoms with Gasteiger partial charge in [-0.25, -0.2) is 0 Å². The number of ether oxygens (including phenoxy) is 2. The third-order valence-corrected chi connectivity index (χ3v) is 4.05. The Labute approximate surface area is 126 Å². The molecular formula is C12H23NO9. The molecule has 8 N–H and O–H groups in total. The molecular weight excluding hydrogens is 302 g/mol. The van der Waals surface area contributed by atoms with E-state index in [4.69, 9.17) is 19.7 Å². The summed E-state index contributed by atoms with van der Waals surface area (Å²) in [5, 5.41) is 70.1. The highest BCUT2D eigenvalue weighted by atomic mass is 16.7. The minimum absolute atomic E-state index is 0.0460. The predicted octanol–water partition coefficient (Wildman–Crippen LogP) is -5.14. The normalized spacial score (nSPS) is 50.0. The van der Waals surface area contributed by atoms with E-state index in [1.54, 1.807) is 0 Å². The van der Waals surface area contributed by atoms with Crippen molar-refractivity contribution >= 4 is 0 Å². The summed E-state index contributed by atoms with van der Waals surface area (Å²) in [6.45, 7) is -0.950. The highest BCUT2D eigenvalue weighted by molar-refractivity contribution is 4.95. The number of hydrogen-bond donors (Lipinski definition) is 8. The monoisotopic (exact) mass is 325 g/mol. The molecule has 0 aliphatic carbocycles. The van der Waals surface area contributed by atoms with Crippen LogP contribution in [0.1, 0.15) is 0 Å². The molecule has 9 atom stereocenters. The van der Waals surface area contributed by atoms with Crippen molar-refractivity contribution in [1.82, 2.24) is 5.32 Å². The highest BCUT2D eigenvalue weighted by Crippen LogP contribution is 2.25. The van der Waals surface area contributed by atoms with Gasteiger partial charge in [-0.15, -0.1) is 0 Å². The second-order valence-corrected chi connectivity index (χ2v) is 5.55. The van der Waals surface area contributed by atoms with Gasteiger partial charge in [-0.3, -0.25) is 0 Å². The third-order valence-electron chi connectivity index (χ3n) is 4.05. The van der Waals surface area contributed by atoms with Crippen LogP contribution in [0.4, 0.5) is 0 Å². The topological polar surface area (TPSA) is 172 Å². The van der Waals surface area contributed by atoms with Gasteiger partial charge in [0, 0.05) is 6.54 Å². The minimum atomic E-state index is -1.63. The lowest BCUT2D eigenvalue weighted by Crippen LogP contribution is -2.65. The molecule has 0 unspecified atom stereocenters. The van der Waals surface area contributed by atoms with Gasteiger partial charge >= 0.3 is 0 Å². The number of hydrogen-bond acceptors (Lipinski definition) is 10. The van der Waals surface area contributed by atoms with Gasteiger partial charge in [0.1, 0.15) is 36.6 Å². The number of aliphatic hydroxyl groups is 7. The van der Waals surface area contributed by atoms with Crippen molar-refractivity contribution in [3.05, 3.63) is 0 Å². The van der Waals surface area contributed by atoms with Crippen LogP contribution >= 0.6 is 0 Å². The second-order valence-electron chi connectivity index (χ2n) is 5.55. The molecule has 0 amide bonds. The van der Waals surface area contributed by atoms with Gasteiger partial charge in [0.2, 0.25) is 0 Å². The van der Waals surface area contributed by atoms with E-state index < -0.39 is 61.7 Å². The lowest BCUT2D eigenvalue weighted by molar-refractivity contribution is -0.326. The van der Waals surface area contributed by atoms with Crippen LogP contribution in [0.3, 0.4) is 0 Å². The SMILES string of the molecule is OC[C@H]1NC[C@@H](O)[C@@H](O[C@H]2O[C@H](CO)[C@@H](O)[C@H](O)[C@H]2O)[C@@H]1O. The zero-order valence-electron chi connectivity index (χ0n) is 11.8. The lowest BCUT2D eigenvalue weighted by atomic mass is 9.95. The van der Waals surface area contributed by atoms with E-state index in [1.165, 1.54) is 0 Å². The maximum absolute atomic E-state index is 10.1. The zero-order chi connectivity index (χ0) is 16.4. The van der Waals surface area contributed by atoms with Gasteiger partial charge < -0.3 is 50.5 Å². The van der Waals surface area contributed by atoms with Crippen molar-refractivity contribution in [2.75, 3.05) is 19.8 Å². The Morgan fingerprint density at radius 3 is 2.18 bits per heavy atom. The molecule has 0 spiro atoms. The number of rotatable bonds is 4. The standard InChI is InChI=1S/C12H23NO9/c14-2-4-7(17)11(5(16)1-13-4)22-12-10(20)9(19)8(18)6(3-15)21-12/h4-20H,1-3H2/t4-,5-,6-,7-,8-,9+,10-,11-,12-/m1/s1. The molecule has 0 aromatic heterocycles.